The second kappa shape index (κ2) is 5.34. The molecule has 4 nitrogen and oxygen atoms in total. The molecule has 0 radical (unpaired) electrons. The van der Waals surface area contributed by atoms with Gasteiger partial charge in [-0.1, -0.05) is 23.9 Å². The van der Waals surface area contributed by atoms with E-state index in [4.69, 9.17) is 10.4 Å². The van der Waals surface area contributed by atoms with Crippen LogP contribution in [0.15, 0.2) is 52.4 Å². The van der Waals surface area contributed by atoms with Gasteiger partial charge in [-0.2, -0.15) is 5.26 Å². The van der Waals surface area contributed by atoms with Crippen molar-refractivity contribution in [1.82, 2.24) is 4.98 Å². The van der Waals surface area contributed by atoms with Gasteiger partial charge in [-0.3, -0.25) is 0 Å². The van der Waals surface area contributed by atoms with Gasteiger partial charge in [-0.25, -0.2) is 9.78 Å². The van der Waals surface area contributed by atoms with Gasteiger partial charge in [0.2, 0.25) is 0 Å². The van der Waals surface area contributed by atoms with Gasteiger partial charge in [-0.05, 0) is 24.3 Å². The highest BCUT2D eigenvalue weighted by molar-refractivity contribution is 7.99. The van der Waals surface area contributed by atoms with Crippen LogP contribution in [0.5, 0.6) is 0 Å². The zero-order valence-electron chi connectivity index (χ0n) is 9.20. The molecule has 0 fully saturated rings. The maximum Gasteiger partial charge on any atom is 0.336 e. The summed E-state index contributed by atoms with van der Waals surface area (Å²) in [5.74, 6) is -0.965. The number of aromatic nitrogens is 1. The van der Waals surface area contributed by atoms with Gasteiger partial charge < -0.3 is 5.11 Å². The second-order valence-corrected chi connectivity index (χ2v) is 4.51. The molecule has 0 atom stereocenters. The fourth-order valence-electron chi connectivity index (χ4n) is 1.40. The van der Waals surface area contributed by atoms with Gasteiger partial charge >= 0.3 is 5.97 Å². The molecule has 1 heterocycles. The molecule has 0 unspecified atom stereocenters. The molecule has 2 aromatic rings. The quantitative estimate of drug-likeness (QED) is 0.914. The molecule has 18 heavy (non-hydrogen) atoms. The summed E-state index contributed by atoms with van der Waals surface area (Å²) in [7, 11) is 0. The van der Waals surface area contributed by atoms with Crippen molar-refractivity contribution in [2.75, 3.05) is 0 Å². The maximum atomic E-state index is 11.1. The smallest absolute Gasteiger partial charge is 0.336 e. The third-order valence-corrected chi connectivity index (χ3v) is 3.26. The first-order chi connectivity index (χ1) is 8.70. The predicted octanol–water partition coefficient (Wildman–Crippen LogP) is 2.80. The fourth-order valence-corrected chi connectivity index (χ4v) is 2.36. The first-order valence-corrected chi connectivity index (χ1v) is 5.88. The number of pyridine rings is 1. The summed E-state index contributed by atoms with van der Waals surface area (Å²) in [5, 5.41) is 17.8. The minimum atomic E-state index is -0.965. The summed E-state index contributed by atoms with van der Waals surface area (Å²) in [6.45, 7) is 0. The first kappa shape index (κ1) is 12.1. The normalized spacial score (nSPS) is 9.72. The monoisotopic (exact) mass is 256 g/mol. The van der Waals surface area contributed by atoms with Gasteiger partial charge in [0.15, 0.2) is 0 Å². The van der Waals surface area contributed by atoms with Crippen molar-refractivity contribution >= 4 is 17.7 Å². The van der Waals surface area contributed by atoms with E-state index in [1.165, 1.54) is 18.0 Å². The lowest BCUT2D eigenvalue weighted by Gasteiger charge is -2.05. The maximum absolute atomic E-state index is 11.1. The molecule has 1 aromatic carbocycles. The van der Waals surface area contributed by atoms with E-state index in [2.05, 4.69) is 4.98 Å². The van der Waals surface area contributed by atoms with Crippen LogP contribution in [-0.2, 0) is 0 Å². The summed E-state index contributed by atoms with van der Waals surface area (Å²) in [4.78, 5) is 16.3. The number of nitriles is 1. The highest BCUT2D eigenvalue weighted by Crippen LogP contribution is 2.30. The van der Waals surface area contributed by atoms with Crippen LogP contribution in [0.25, 0.3) is 0 Å². The highest BCUT2D eigenvalue weighted by Gasteiger charge is 2.10. The summed E-state index contributed by atoms with van der Waals surface area (Å²) < 4.78 is 0. The molecule has 5 heteroatoms. The minimum absolute atomic E-state index is 0.248. The van der Waals surface area contributed by atoms with E-state index in [1.54, 1.807) is 36.4 Å². The third-order valence-electron chi connectivity index (χ3n) is 2.19. The molecule has 0 saturated heterocycles. The van der Waals surface area contributed by atoms with E-state index in [0.29, 0.717) is 10.6 Å². The largest absolute Gasteiger partial charge is 0.478 e. The molecule has 0 amide bonds. The van der Waals surface area contributed by atoms with E-state index in [9.17, 15) is 4.79 Å². The van der Waals surface area contributed by atoms with Crippen molar-refractivity contribution in [2.45, 2.75) is 9.79 Å². The van der Waals surface area contributed by atoms with Crippen molar-refractivity contribution in [3.05, 3.63) is 53.9 Å². The summed E-state index contributed by atoms with van der Waals surface area (Å²) in [5.41, 5.74) is 0.561. The van der Waals surface area contributed by atoms with Crippen LogP contribution in [0, 0.1) is 11.3 Å². The average molecular weight is 256 g/mol. The molecule has 0 spiro atoms. The Morgan fingerprint density at radius 1 is 1.33 bits per heavy atom. The van der Waals surface area contributed by atoms with E-state index in [0.717, 1.165) is 4.90 Å². The Hall–Kier alpha value is -2.32. The van der Waals surface area contributed by atoms with Gasteiger partial charge in [0.05, 0.1) is 5.56 Å². The second-order valence-electron chi connectivity index (χ2n) is 3.39. The van der Waals surface area contributed by atoms with Gasteiger partial charge in [0.25, 0.3) is 0 Å². The molecule has 0 aliphatic carbocycles. The third kappa shape index (κ3) is 2.67. The number of carbonyl (C=O) groups is 1. The number of hydrogen-bond donors (Lipinski definition) is 1. The van der Waals surface area contributed by atoms with E-state index in [1.807, 2.05) is 6.07 Å². The van der Waals surface area contributed by atoms with Crippen LogP contribution in [0.2, 0.25) is 0 Å². The molecular formula is C13H8N2O2S. The van der Waals surface area contributed by atoms with Crippen molar-refractivity contribution in [2.24, 2.45) is 0 Å². The molecule has 1 N–H and O–H groups in total. The Balaban J connectivity index is 2.34. The number of rotatable bonds is 3. The SMILES string of the molecule is N#Cc1cc(Sc2ccccc2C(=O)O)ccn1. The molecule has 2 rings (SSSR count). The number of hydrogen-bond acceptors (Lipinski definition) is 4. The summed E-state index contributed by atoms with van der Waals surface area (Å²) in [6, 6.07) is 12.1. The van der Waals surface area contributed by atoms with Crippen LogP contribution in [0.4, 0.5) is 0 Å². The Morgan fingerprint density at radius 3 is 2.83 bits per heavy atom. The number of carboxylic acids is 1. The molecule has 1 aromatic heterocycles. The van der Waals surface area contributed by atoms with Crippen molar-refractivity contribution in [1.29, 1.82) is 5.26 Å². The first-order valence-electron chi connectivity index (χ1n) is 5.07. The average Bonchev–Trinajstić information content (AvgIpc) is 2.39. The Bertz CT molecular complexity index is 635. The van der Waals surface area contributed by atoms with Crippen LogP contribution in [0.3, 0.4) is 0 Å². The Kier molecular flexibility index (Phi) is 3.60. The summed E-state index contributed by atoms with van der Waals surface area (Å²) in [6.07, 6.45) is 1.53. The van der Waals surface area contributed by atoms with Crippen molar-refractivity contribution in [3.63, 3.8) is 0 Å². The van der Waals surface area contributed by atoms with Crippen molar-refractivity contribution in [3.8, 4) is 6.07 Å². The topological polar surface area (TPSA) is 74.0 Å². The molecule has 0 bridgehead atoms. The van der Waals surface area contributed by atoms with E-state index < -0.39 is 5.97 Å². The van der Waals surface area contributed by atoms with Crippen LogP contribution < -0.4 is 0 Å². The van der Waals surface area contributed by atoms with Crippen LogP contribution in [0.1, 0.15) is 16.1 Å². The summed E-state index contributed by atoms with van der Waals surface area (Å²) >= 11 is 1.30. The minimum Gasteiger partial charge on any atom is -0.478 e. The lowest BCUT2D eigenvalue weighted by molar-refractivity contribution is 0.0693. The van der Waals surface area contributed by atoms with Gasteiger partial charge in [-0.15, -0.1) is 0 Å². The Labute approximate surface area is 108 Å². The molecule has 88 valence electrons. The number of benzene rings is 1. The fraction of sp³-hybridized carbons (Fsp3) is 0. The van der Waals surface area contributed by atoms with E-state index in [-0.39, 0.29) is 5.56 Å². The molecule has 0 aliphatic rings. The Morgan fingerprint density at radius 2 is 2.11 bits per heavy atom. The highest BCUT2D eigenvalue weighted by atomic mass is 32.2. The van der Waals surface area contributed by atoms with Crippen molar-refractivity contribution < 1.29 is 9.90 Å². The van der Waals surface area contributed by atoms with Gasteiger partial charge in [0.1, 0.15) is 11.8 Å². The zero-order chi connectivity index (χ0) is 13.0. The number of nitrogens with zero attached hydrogens (tertiary/aromatic N) is 2. The lowest BCUT2D eigenvalue weighted by atomic mass is 10.2. The predicted molar refractivity (Wildman–Crippen MR) is 66.5 cm³/mol. The zero-order valence-corrected chi connectivity index (χ0v) is 10.0. The lowest BCUT2D eigenvalue weighted by Crippen LogP contribution is -1.98. The number of carboxylic acid groups (broad SMARTS) is 1. The van der Waals surface area contributed by atoms with Crippen LogP contribution >= 0.6 is 11.8 Å². The van der Waals surface area contributed by atoms with Crippen LogP contribution in [-0.4, -0.2) is 16.1 Å². The molecule has 0 aliphatic heterocycles. The van der Waals surface area contributed by atoms with E-state index >= 15 is 0 Å². The van der Waals surface area contributed by atoms with Gasteiger partial charge in [0, 0.05) is 16.0 Å². The number of aromatic carboxylic acids is 1. The standard InChI is InChI=1S/C13H8N2O2S/c14-8-9-7-10(5-6-15-9)18-12-4-2-1-3-11(12)13(16)17/h1-7H,(H,16,17). The molecule has 0 saturated carbocycles. The molecular weight excluding hydrogens is 248 g/mol.